The molecule has 1 amide bonds. The van der Waals surface area contributed by atoms with Gasteiger partial charge in [-0.1, -0.05) is 30.1 Å². The van der Waals surface area contributed by atoms with Gasteiger partial charge in [0.2, 0.25) is 0 Å². The lowest BCUT2D eigenvalue weighted by atomic mass is 9.88. The number of anilines is 1. The third-order valence-electron chi connectivity index (χ3n) is 4.30. The minimum Gasteiger partial charge on any atom is -0.465 e. The average Bonchev–Trinajstić information content (AvgIpc) is 2.93. The molecule has 0 fully saturated rings. The van der Waals surface area contributed by atoms with Gasteiger partial charge >= 0.3 is 5.97 Å². The third kappa shape index (κ3) is 3.68. The predicted molar refractivity (Wildman–Crippen MR) is 101 cm³/mol. The number of amides is 1. The van der Waals surface area contributed by atoms with Crippen LogP contribution in [0.25, 0.3) is 0 Å². The molecule has 1 heterocycles. The molecule has 1 atom stereocenters. The minimum atomic E-state index is -0.431. The number of halogens is 2. The van der Waals surface area contributed by atoms with Gasteiger partial charge in [-0.25, -0.2) is 4.79 Å². The highest BCUT2D eigenvalue weighted by Gasteiger charge is 2.29. The van der Waals surface area contributed by atoms with E-state index >= 15 is 0 Å². The summed E-state index contributed by atoms with van der Waals surface area (Å²) in [5.74, 6) is -0.272. The van der Waals surface area contributed by atoms with E-state index < -0.39 is 11.9 Å². The van der Waals surface area contributed by atoms with Crippen LogP contribution in [0.4, 0.5) is 5.00 Å². The van der Waals surface area contributed by atoms with E-state index in [1.807, 2.05) is 0 Å². The van der Waals surface area contributed by atoms with Crippen LogP contribution < -0.4 is 5.32 Å². The SMILES string of the molecule is COC(=O)c1c(NC(=O)c2cc(Cl)ccc2Cl)sc2c1CCC(C)C2. The fourth-order valence-electron chi connectivity index (χ4n) is 3.00. The molecule has 0 aliphatic heterocycles. The monoisotopic (exact) mass is 397 g/mol. The molecule has 0 spiro atoms. The molecule has 0 bridgehead atoms. The summed E-state index contributed by atoms with van der Waals surface area (Å²) in [5, 5.41) is 4.05. The topological polar surface area (TPSA) is 55.4 Å². The predicted octanol–water partition coefficient (Wildman–Crippen LogP) is 5.22. The summed E-state index contributed by atoms with van der Waals surface area (Å²) in [4.78, 5) is 26.0. The lowest BCUT2D eigenvalue weighted by molar-refractivity contribution is 0.0601. The van der Waals surface area contributed by atoms with Gasteiger partial charge < -0.3 is 10.1 Å². The van der Waals surface area contributed by atoms with Crippen molar-refractivity contribution in [1.82, 2.24) is 0 Å². The molecule has 7 heteroatoms. The maximum atomic E-state index is 12.6. The molecule has 132 valence electrons. The molecule has 1 unspecified atom stereocenters. The molecular formula is C18H17Cl2NO3S. The second kappa shape index (κ2) is 7.36. The van der Waals surface area contributed by atoms with Crippen LogP contribution in [0.15, 0.2) is 18.2 Å². The van der Waals surface area contributed by atoms with Gasteiger partial charge in [-0.3, -0.25) is 4.79 Å². The minimum absolute atomic E-state index is 0.268. The number of ether oxygens (including phenoxy) is 1. The molecule has 0 saturated carbocycles. The fraction of sp³-hybridized carbons (Fsp3) is 0.333. The van der Waals surface area contributed by atoms with E-state index in [0.29, 0.717) is 26.5 Å². The Labute approximate surface area is 160 Å². The highest BCUT2D eigenvalue weighted by molar-refractivity contribution is 7.17. The number of methoxy groups -OCH3 is 1. The smallest absolute Gasteiger partial charge is 0.341 e. The van der Waals surface area contributed by atoms with Gasteiger partial charge in [0.1, 0.15) is 5.00 Å². The summed E-state index contributed by atoms with van der Waals surface area (Å²) in [6, 6.07) is 4.69. The first kappa shape index (κ1) is 18.2. The fourth-order valence-corrected chi connectivity index (χ4v) is 4.77. The molecule has 25 heavy (non-hydrogen) atoms. The molecule has 3 rings (SSSR count). The number of hydrogen-bond donors (Lipinski definition) is 1. The summed E-state index contributed by atoms with van der Waals surface area (Å²) in [5.41, 5.74) is 1.72. The zero-order valence-corrected chi connectivity index (χ0v) is 16.1. The number of esters is 1. The van der Waals surface area contributed by atoms with E-state index in [1.165, 1.54) is 24.5 Å². The first-order chi connectivity index (χ1) is 11.9. The number of rotatable bonds is 3. The zero-order chi connectivity index (χ0) is 18.1. The number of carbonyl (C=O) groups is 2. The molecule has 0 saturated heterocycles. The summed E-state index contributed by atoms with van der Waals surface area (Å²) >= 11 is 13.5. The van der Waals surface area contributed by atoms with Crippen LogP contribution in [0.5, 0.6) is 0 Å². The van der Waals surface area contributed by atoms with Crippen molar-refractivity contribution in [3.8, 4) is 0 Å². The van der Waals surface area contributed by atoms with E-state index in [0.717, 1.165) is 29.7 Å². The maximum absolute atomic E-state index is 12.6. The third-order valence-corrected chi connectivity index (χ3v) is 6.04. The van der Waals surface area contributed by atoms with E-state index in [-0.39, 0.29) is 5.56 Å². The zero-order valence-electron chi connectivity index (χ0n) is 13.8. The Morgan fingerprint density at radius 3 is 2.80 bits per heavy atom. The van der Waals surface area contributed by atoms with Crippen molar-refractivity contribution in [2.45, 2.75) is 26.2 Å². The second-order valence-electron chi connectivity index (χ2n) is 6.13. The largest absolute Gasteiger partial charge is 0.465 e. The molecule has 1 N–H and O–H groups in total. The lowest BCUT2D eigenvalue weighted by Crippen LogP contribution is -2.16. The number of carbonyl (C=O) groups excluding carboxylic acids is 2. The highest BCUT2D eigenvalue weighted by atomic mass is 35.5. The van der Waals surface area contributed by atoms with Gasteiger partial charge in [0.15, 0.2) is 0 Å². The summed E-state index contributed by atoms with van der Waals surface area (Å²) in [6.07, 6.45) is 2.73. The van der Waals surface area contributed by atoms with Crippen LogP contribution in [0.1, 0.15) is 44.5 Å². The van der Waals surface area contributed by atoms with Crippen LogP contribution in [0, 0.1) is 5.92 Å². The number of nitrogens with one attached hydrogen (secondary N) is 1. The Morgan fingerprint density at radius 1 is 1.32 bits per heavy atom. The molecule has 1 aromatic heterocycles. The van der Waals surface area contributed by atoms with E-state index in [4.69, 9.17) is 27.9 Å². The molecule has 2 aromatic rings. The van der Waals surface area contributed by atoms with E-state index in [2.05, 4.69) is 12.2 Å². The Kier molecular flexibility index (Phi) is 5.37. The highest BCUT2D eigenvalue weighted by Crippen LogP contribution is 2.40. The normalized spacial score (nSPS) is 16.2. The molecule has 1 aliphatic rings. The standard InChI is InChI=1S/C18H17Cl2NO3S/c1-9-3-5-11-14(7-9)25-17(15(11)18(23)24-2)21-16(22)12-8-10(19)4-6-13(12)20/h4,6,8-9H,3,5,7H2,1-2H3,(H,21,22). The Hall–Kier alpha value is -1.56. The van der Waals surface area contributed by atoms with E-state index in [1.54, 1.807) is 12.1 Å². The Balaban J connectivity index is 1.98. The van der Waals surface area contributed by atoms with Crippen LogP contribution in [-0.4, -0.2) is 19.0 Å². The second-order valence-corrected chi connectivity index (χ2v) is 8.07. The number of thiophene rings is 1. The van der Waals surface area contributed by atoms with Crippen molar-refractivity contribution in [2.75, 3.05) is 12.4 Å². The average molecular weight is 398 g/mol. The van der Waals surface area contributed by atoms with Crippen molar-refractivity contribution in [2.24, 2.45) is 5.92 Å². The first-order valence-corrected chi connectivity index (χ1v) is 9.47. The van der Waals surface area contributed by atoms with Crippen LogP contribution in [-0.2, 0) is 17.6 Å². The van der Waals surface area contributed by atoms with Crippen molar-refractivity contribution in [3.05, 3.63) is 49.8 Å². The van der Waals surface area contributed by atoms with E-state index in [9.17, 15) is 9.59 Å². The van der Waals surface area contributed by atoms with Gasteiger partial charge in [0, 0.05) is 9.90 Å². The summed E-state index contributed by atoms with van der Waals surface area (Å²) in [6.45, 7) is 2.18. The summed E-state index contributed by atoms with van der Waals surface area (Å²) in [7, 11) is 1.34. The van der Waals surface area contributed by atoms with Gasteiger partial charge in [-0.15, -0.1) is 11.3 Å². The van der Waals surface area contributed by atoms with Crippen LogP contribution >= 0.6 is 34.5 Å². The van der Waals surface area contributed by atoms with Gasteiger partial charge in [0.05, 0.1) is 23.3 Å². The van der Waals surface area contributed by atoms with Crippen molar-refractivity contribution in [1.29, 1.82) is 0 Å². The molecule has 4 nitrogen and oxygen atoms in total. The molecule has 1 aliphatic carbocycles. The quantitative estimate of drug-likeness (QED) is 0.722. The van der Waals surface area contributed by atoms with Gasteiger partial charge in [-0.05, 0) is 48.9 Å². The molecular weight excluding hydrogens is 381 g/mol. The molecule has 1 aromatic carbocycles. The number of hydrogen-bond acceptors (Lipinski definition) is 4. The van der Waals surface area contributed by atoms with Gasteiger partial charge in [0.25, 0.3) is 5.91 Å². The lowest BCUT2D eigenvalue weighted by Gasteiger charge is -2.18. The number of benzene rings is 1. The Bertz CT molecular complexity index is 847. The summed E-state index contributed by atoms with van der Waals surface area (Å²) < 4.78 is 4.93. The van der Waals surface area contributed by atoms with Crippen molar-refractivity contribution in [3.63, 3.8) is 0 Å². The maximum Gasteiger partial charge on any atom is 0.341 e. The Morgan fingerprint density at radius 2 is 2.08 bits per heavy atom. The van der Waals surface area contributed by atoms with Crippen LogP contribution in [0.3, 0.4) is 0 Å². The van der Waals surface area contributed by atoms with Crippen LogP contribution in [0.2, 0.25) is 10.0 Å². The number of fused-ring (bicyclic) bond motifs is 1. The molecule has 0 radical (unpaired) electrons. The van der Waals surface area contributed by atoms with Gasteiger partial charge in [-0.2, -0.15) is 0 Å². The van der Waals surface area contributed by atoms with Crippen molar-refractivity contribution < 1.29 is 14.3 Å². The van der Waals surface area contributed by atoms with Crippen molar-refractivity contribution >= 4 is 51.4 Å². The first-order valence-electron chi connectivity index (χ1n) is 7.90.